The zero-order chi connectivity index (χ0) is 14.5. The molecule has 0 aromatic heterocycles. The average molecular weight is 266 g/mol. The van der Waals surface area contributed by atoms with E-state index in [0.717, 1.165) is 23.3 Å². The second-order valence-corrected chi connectivity index (χ2v) is 4.62. The van der Waals surface area contributed by atoms with Crippen LogP contribution >= 0.6 is 0 Å². The number of hydrogen-bond donors (Lipinski definition) is 1. The van der Waals surface area contributed by atoms with E-state index < -0.39 is 5.92 Å². The van der Waals surface area contributed by atoms with Gasteiger partial charge in [-0.05, 0) is 29.7 Å². The van der Waals surface area contributed by atoms with E-state index in [9.17, 15) is 5.26 Å². The summed E-state index contributed by atoms with van der Waals surface area (Å²) in [6, 6.07) is 15.8. The lowest BCUT2D eigenvalue weighted by Gasteiger charge is -2.16. The Morgan fingerprint density at radius 2 is 1.95 bits per heavy atom. The van der Waals surface area contributed by atoms with Crippen molar-refractivity contribution >= 4 is 5.69 Å². The van der Waals surface area contributed by atoms with E-state index in [2.05, 4.69) is 13.0 Å². The van der Waals surface area contributed by atoms with Crippen molar-refractivity contribution in [3.8, 4) is 11.8 Å². The predicted molar refractivity (Wildman–Crippen MR) is 80.7 cm³/mol. The molecule has 0 heterocycles. The number of hydrogen-bond acceptors (Lipinski definition) is 3. The van der Waals surface area contributed by atoms with Crippen LogP contribution in [0.3, 0.4) is 0 Å². The highest BCUT2D eigenvalue weighted by Gasteiger charge is 2.20. The molecule has 0 aliphatic carbocycles. The lowest BCUT2D eigenvalue weighted by Crippen LogP contribution is -2.05. The molecule has 0 aliphatic heterocycles. The van der Waals surface area contributed by atoms with Gasteiger partial charge in [-0.2, -0.15) is 5.26 Å². The summed E-state index contributed by atoms with van der Waals surface area (Å²) in [6.07, 6.45) is 0.916. The van der Waals surface area contributed by atoms with E-state index >= 15 is 0 Å². The van der Waals surface area contributed by atoms with Gasteiger partial charge in [0, 0.05) is 11.3 Å². The minimum atomic E-state index is -0.419. The van der Waals surface area contributed by atoms with Crippen LogP contribution in [0.5, 0.6) is 5.75 Å². The summed E-state index contributed by atoms with van der Waals surface area (Å²) < 4.78 is 5.40. The molecule has 102 valence electrons. The van der Waals surface area contributed by atoms with Gasteiger partial charge in [0.05, 0.1) is 13.2 Å². The number of benzene rings is 2. The van der Waals surface area contributed by atoms with Gasteiger partial charge in [0.2, 0.25) is 0 Å². The molecule has 2 aromatic rings. The van der Waals surface area contributed by atoms with E-state index in [1.807, 2.05) is 42.5 Å². The first-order chi connectivity index (χ1) is 9.71. The maximum atomic E-state index is 9.58. The van der Waals surface area contributed by atoms with E-state index in [4.69, 9.17) is 10.5 Å². The number of nitrogen functional groups attached to an aromatic ring is 1. The number of nitriles is 1. The van der Waals surface area contributed by atoms with Crippen LogP contribution in [-0.4, -0.2) is 7.11 Å². The third-order valence-electron chi connectivity index (χ3n) is 3.45. The molecule has 0 radical (unpaired) electrons. The number of nitrogens with zero attached hydrogens (tertiary/aromatic N) is 1. The Kier molecular flexibility index (Phi) is 4.27. The molecule has 2 N–H and O–H groups in total. The molecule has 0 saturated heterocycles. The van der Waals surface area contributed by atoms with Gasteiger partial charge in [-0.3, -0.25) is 0 Å². The molecule has 0 saturated carbocycles. The molecule has 3 nitrogen and oxygen atoms in total. The molecule has 0 bridgehead atoms. The summed E-state index contributed by atoms with van der Waals surface area (Å²) in [5.74, 6) is 0.301. The van der Waals surface area contributed by atoms with Crippen LogP contribution in [0.4, 0.5) is 5.69 Å². The fourth-order valence-corrected chi connectivity index (χ4v) is 2.31. The van der Waals surface area contributed by atoms with Gasteiger partial charge >= 0.3 is 0 Å². The SMILES string of the molecule is CCc1ccc(OC)c(C(C#N)c2ccccc2N)c1. The number of para-hydroxylation sites is 1. The number of aryl methyl sites for hydroxylation is 1. The number of ether oxygens (including phenoxy) is 1. The standard InChI is InChI=1S/C17H18N2O/c1-3-12-8-9-17(20-2)14(10-12)15(11-18)13-6-4-5-7-16(13)19/h4-10,15H,3,19H2,1-2H3. The van der Waals surface area contributed by atoms with Crippen molar-refractivity contribution in [1.82, 2.24) is 0 Å². The highest BCUT2D eigenvalue weighted by molar-refractivity contribution is 5.57. The first-order valence-corrected chi connectivity index (χ1v) is 6.62. The molecule has 0 fully saturated rings. The lowest BCUT2D eigenvalue weighted by atomic mass is 9.89. The third-order valence-corrected chi connectivity index (χ3v) is 3.45. The van der Waals surface area contributed by atoms with Crippen LogP contribution in [0.1, 0.15) is 29.5 Å². The molecule has 1 atom stereocenters. The van der Waals surface area contributed by atoms with E-state index in [0.29, 0.717) is 5.69 Å². The van der Waals surface area contributed by atoms with Crippen molar-refractivity contribution in [2.24, 2.45) is 0 Å². The first-order valence-electron chi connectivity index (χ1n) is 6.62. The van der Waals surface area contributed by atoms with Gasteiger partial charge in [-0.15, -0.1) is 0 Å². The van der Waals surface area contributed by atoms with Gasteiger partial charge in [-0.1, -0.05) is 37.3 Å². The topological polar surface area (TPSA) is 59.0 Å². The highest BCUT2D eigenvalue weighted by Crippen LogP contribution is 2.34. The molecule has 1 unspecified atom stereocenters. The summed E-state index contributed by atoms with van der Waals surface area (Å²) in [4.78, 5) is 0. The monoisotopic (exact) mass is 266 g/mol. The summed E-state index contributed by atoms with van der Waals surface area (Å²) in [5, 5.41) is 9.58. The minimum absolute atomic E-state index is 0.419. The average Bonchev–Trinajstić information content (AvgIpc) is 2.49. The quantitative estimate of drug-likeness (QED) is 0.862. The molecule has 0 spiro atoms. The Morgan fingerprint density at radius 3 is 2.55 bits per heavy atom. The smallest absolute Gasteiger partial charge is 0.123 e. The molecule has 0 aliphatic rings. The Morgan fingerprint density at radius 1 is 1.20 bits per heavy atom. The normalized spacial score (nSPS) is 11.7. The van der Waals surface area contributed by atoms with Crippen LogP contribution in [0.25, 0.3) is 0 Å². The minimum Gasteiger partial charge on any atom is -0.496 e. The largest absolute Gasteiger partial charge is 0.496 e. The van der Waals surface area contributed by atoms with Crippen LogP contribution in [0.2, 0.25) is 0 Å². The van der Waals surface area contributed by atoms with Crippen molar-refractivity contribution in [2.45, 2.75) is 19.3 Å². The van der Waals surface area contributed by atoms with Crippen LogP contribution in [0, 0.1) is 11.3 Å². The van der Waals surface area contributed by atoms with Crippen molar-refractivity contribution in [3.63, 3.8) is 0 Å². The third kappa shape index (κ3) is 2.60. The Bertz CT molecular complexity index is 644. The van der Waals surface area contributed by atoms with Crippen LogP contribution in [0.15, 0.2) is 42.5 Å². The number of nitrogens with two attached hydrogens (primary N) is 1. The molecule has 3 heteroatoms. The molecule has 2 aromatic carbocycles. The van der Waals surface area contributed by atoms with Crippen molar-refractivity contribution in [2.75, 3.05) is 12.8 Å². The Labute approximate surface area is 119 Å². The van der Waals surface area contributed by atoms with Crippen molar-refractivity contribution in [3.05, 3.63) is 59.2 Å². The van der Waals surface area contributed by atoms with Gasteiger partial charge in [-0.25, -0.2) is 0 Å². The summed E-state index contributed by atoms with van der Waals surface area (Å²) in [6.45, 7) is 2.09. The Hall–Kier alpha value is -2.47. The highest BCUT2D eigenvalue weighted by atomic mass is 16.5. The van der Waals surface area contributed by atoms with Crippen molar-refractivity contribution < 1.29 is 4.74 Å². The summed E-state index contributed by atoms with van der Waals surface area (Å²) in [7, 11) is 1.62. The van der Waals surface area contributed by atoms with Crippen LogP contribution in [-0.2, 0) is 6.42 Å². The molecular weight excluding hydrogens is 248 g/mol. The van der Waals surface area contributed by atoms with Gasteiger partial charge in [0.15, 0.2) is 0 Å². The summed E-state index contributed by atoms with van der Waals surface area (Å²) >= 11 is 0. The Balaban J connectivity index is 2.58. The fourth-order valence-electron chi connectivity index (χ4n) is 2.31. The van der Waals surface area contributed by atoms with Crippen LogP contribution < -0.4 is 10.5 Å². The molecular formula is C17H18N2O. The van der Waals surface area contributed by atoms with E-state index in [-0.39, 0.29) is 0 Å². The molecule has 0 amide bonds. The maximum absolute atomic E-state index is 9.58. The second kappa shape index (κ2) is 6.12. The first kappa shape index (κ1) is 14.0. The van der Waals surface area contributed by atoms with Gasteiger partial charge < -0.3 is 10.5 Å². The number of anilines is 1. The fraction of sp³-hybridized carbons (Fsp3) is 0.235. The predicted octanol–water partition coefficient (Wildman–Crippen LogP) is 3.50. The maximum Gasteiger partial charge on any atom is 0.123 e. The van der Waals surface area contributed by atoms with Gasteiger partial charge in [0.25, 0.3) is 0 Å². The summed E-state index contributed by atoms with van der Waals surface area (Å²) in [5.41, 5.74) is 9.50. The second-order valence-electron chi connectivity index (χ2n) is 4.62. The zero-order valence-corrected chi connectivity index (χ0v) is 11.8. The molecule has 2 rings (SSSR count). The van der Waals surface area contributed by atoms with Crippen molar-refractivity contribution in [1.29, 1.82) is 5.26 Å². The number of rotatable bonds is 4. The lowest BCUT2D eigenvalue weighted by molar-refractivity contribution is 0.409. The molecule has 20 heavy (non-hydrogen) atoms. The van der Waals surface area contributed by atoms with Gasteiger partial charge in [0.1, 0.15) is 11.7 Å². The zero-order valence-electron chi connectivity index (χ0n) is 11.8. The van der Waals surface area contributed by atoms with E-state index in [1.54, 1.807) is 7.11 Å². The number of methoxy groups -OCH3 is 1. The van der Waals surface area contributed by atoms with E-state index in [1.165, 1.54) is 5.56 Å².